The number of imidazole rings is 1. The molecule has 1 amide bonds. The summed E-state index contributed by atoms with van der Waals surface area (Å²) in [6.07, 6.45) is 9.48. The normalized spacial score (nSPS) is 12.7. The number of ether oxygens (including phenoxy) is 2. The van der Waals surface area contributed by atoms with Gasteiger partial charge in [0.15, 0.2) is 0 Å². The molecular formula is C30H38F2N5O3S+. The summed E-state index contributed by atoms with van der Waals surface area (Å²) < 4.78 is 42.6. The van der Waals surface area contributed by atoms with Crippen LogP contribution in [0.3, 0.4) is 0 Å². The summed E-state index contributed by atoms with van der Waals surface area (Å²) in [6, 6.07) is 6.91. The van der Waals surface area contributed by atoms with Crippen LogP contribution in [0, 0.1) is 18.6 Å². The monoisotopic (exact) mass is 586 g/mol. The van der Waals surface area contributed by atoms with E-state index in [0.717, 1.165) is 33.8 Å². The van der Waals surface area contributed by atoms with Gasteiger partial charge in [-0.25, -0.2) is 23.2 Å². The molecule has 0 aliphatic rings. The first-order chi connectivity index (χ1) is 19.4. The highest BCUT2D eigenvalue weighted by molar-refractivity contribution is 7.95. The minimum absolute atomic E-state index is 0.179. The van der Waals surface area contributed by atoms with E-state index in [4.69, 9.17) is 9.47 Å². The Morgan fingerprint density at radius 3 is 2.51 bits per heavy atom. The van der Waals surface area contributed by atoms with Gasteiger partial charge in [0.2, 0.25) is 0 Å². The van der Waals surface area contributed by atoms with Crippen LogP contribution in [0.1, 0.15) is 49.3 Å². The summed E-state index contributed by atoms with van der Waals surface area (Å²) in [7, 11) is 0.327. The molecule has 0 spiro atoms. The molecule has 4 aromatic rings. The number of amides is 1. The first kappa shape index (κ1) is 30.5. The van der Waals surface area contributed by atoms with E-state index in [2.05, 4.69) is 27.9 Å². The highest BCUT2D eigenvalue weighted by Crippen LogP contribution is 2.25. The maximum Gasteiger partial charge on any atom is 0.408 e. The van der Waals surface area contributed by atoms with Crippen LogP contribution in [0.2, 0.25) is 0 Å². The number of benzene rings is 2. The Labute approximate surface area is 242 Å². The van der Waals surface area contributed by atoms with E-state index in [0.29, 0.717) is 42.0 Å². The third kappa shape index (κ3) is 8.77. The lowest BCUT2D eigenvalue weighted by molar-refractivity contribution is 0.0500. The Kier molecular flexibility index (Phi) is 9.70. The molecule has 41 heavy (non-hydrogen) atoms. The van der Waals surface area contributed by atoms with Gasteiger partial charge < -0.3 is 19.4 Å². The van der Waals surface area contributed by atoms with E-state index in [-0.39, 0.29) is 6.54 Å². The van der Waals surface area contributed by atoms with Gasteiger partial charge in [-0.15, -0.1) is 0 Å². The SMILES string of the molecule is Cc1cc(CC(NC(=O)OC(C)(C)C)c2nccn2Cc2cc(F)cc(F)c2)cc2cn(COCC[S+](C)C)nc12. The molecule has 0 aliphatic carbocycles. The van der Waals surface area contributed by atoms with Gasteiger partial charge in [0.1, 0.15) is 35.5 Å². The van der Waals surface area contributed by atoms with Crippen molar-refractivity contribution in [1.29, 1.82) is 0 Å². The lowest BCUT2D eigenvalue weighted by Crippen LogP contribution is -2.37. The van der Waals surface area contributed by atoms with Gasteiger partial charge in [-0.3, -0.25) is 0 Å². The second kappa shape index (κ2) is 13.0. The standard InChI is InChI=1S/C30H37F2N5O3S/c1-20-11-21(12-23-18-37(35-27(20)23)19-39-9-10-41(5)6)15-26(34-29(38)40-30(2,3)4)28-33-7-8-36(28)17-22-13-24(31)16-25(32)14-22/h7-8,11-14,16,18,26H,9-10,15,17,19H2,1-6H3/p+1. The number of halogens is 2. The Morgan fingerprint density at radius 1 is 1.10 bits per heavy atom. The summed E-state index contributed by atoms with van der Waals surface area (Å²) in [5.74, 6) is 0.244. The van der Waals surface area contributed by atoms with Gasteiger partial charge in [-0.1, -0.05) is 6.07 Å². The van der Waals surface area contributed by atoms with Gasteiger partial charge in [0.25, 0.3) is 0 Å². The Morgan fingerprint density at radius 2 is 1.83 bits per heavy atom. The minimum Gasteiger partial charge on any atom is -0.444 e. The highest BCUT2D eigenvalue weighted by Gasteiger charge is 2.25. The highest BCUT2D eigenvalue weighted by atomic mass is 32.2. The largest absolute Gasteiger partial charge is 0.444 e. The quantitative estimate of drug-likeness (QED) is 0.185. The van der Waals surface area contributed by atoms with Crippen LogP contribution < -0.4 is 5.32 Å². The average Bonchev–Trinajstić information content (AvgIpc) is 3.46. The average molecular weight is 587 g/mol. The number of carbonyl (C=O) groups is 1. The molecule has 1 unspecified atom stereocenters. The first-order valence-corrected chi connectivity index (χ1v) is 15.6. The van der Waals surface area contributed by atoms with Crippen molar-refractivity contribution < 1.29 is 23.0 Å². The molecule has 4 rings (SSSR count). The maximum atomic E-state index is 13.9. The Bertz CT molecular complexity index is 1480. The van der Waals surface area contributed by atoms with Crippen molar-refractivity contribution in [2.45, 2.75) is 59.0 Å². The predicted molar refractivity (Wildman–Crippen MR) is 158 cm³/mol. The van der Waals surface area contributed by atoms with Crippen molar-refractivity contribution in [2.75, 3.05) is 24.9 Å². The van der Waals surface area contributed by atoms with Crippen LogP contribution in [0.4, 0.5) is 13.6 Å². The van der Waals surface area contributed by atoms with E-state index in [1.165, 1.54) is 12.1 Å². The fraction of sp³-hybridized carbons (Fsp3) is 0.433. The summed E-state index contributed by atoms with van der Waals surface area (Å²) in [4.78, 5) is 17.4. The molecule has 1 N–H and O–H groups in total. The fourth-order valence-electron chi connectivity index (χ4n) is 4.56. The van der Waals surface area contributed by atoms with Gasteiger partial charge in [-0.2, -0.15) is 5.10 Å². The van der Waals surface area contributed by atoms with Crippen molar-refractivity contribution in [2.24, 2.45) is 0 Å². The molecule has 0 bridgehead atoms. The molecule has 0 radical (unpaired) electrons. The zero-order valence-corrected chi connectivity index (χ0v) is 25.2. The van der Waals surface area contributed by atoms with Crippen LogP contribution in [0.5, 0.6) is 0 Å². The number of fused-ring (bicyclic) bond motifs is 1. The van der Waals surface area contributed by atoms with Crippen LogP contribution in [-0.2, 0) is 40.1 Å². The Balaban J connectivity index is 1.60. The number of aryl methyl sites for hydroxylation is 1. The summed E-state index contributed by atoms with van der Waals surface area (Å²) in [5, 5.41) is 8.61. The van der Waals surface area contributed by atoms with Crippen LogP contribution in [0.25, 0.3) is 10.9 Å². The number of nitrogens with zero attached hydrogens (tertiary/aromatic N) is 4. The van der Waals surface area contributed by atoms with Crippen LogP contribution in [-0.4, -0.2) is 55.9 Å². The molecule has 11 heteroatoms. The van der Waals surface area contributed by atoms with Gasteiger partial charge in [0, 0.05) is 43.0 Å². The molecule has 2 aromatic carbocycles. The van der Waals surface area contributed by atoms with Crippen LogP contribution in [0.15, 0.2) is 48.9 Å². The second-order valence-electron chi connectivity index (χ2n) is 11.3. The zero-order chi connectivity index (χ0) is 29.7. The number of nitrogens with one attached hydrogen (secondary N) is 1. The third-order valence-electron chi connectivity index (χ3n) is 6.23. The fourth-order valence-corrected chi connectivity index (χ4v) is 5.01. The molecule has 2 aromatic heterocycles. The minimum atomic E-state index is -0.690. The number of alkyl carbamates (subject to hydrolysis) is 1. The number of hydrogen-bond acceptors (Lipinski definition) is 5. The number of hydrogen-bond donors (Lipinski definition) is 1. The van der Waals surface area contributed by atoms with Gasteiger partial charge in [0.05, 0.1) is 30.7 Å². The summed E-state index contributed by atoms with van der Waals surface area (Å²) >= 11 is 0. The van der Waals surface area contributed by atoms with E-state index in [1.807, 2.05) is 25.3 Å². The predicted octanol–water partition coefficient (Wildman–Crippen LogP) is 5.53. The van der Waals surface area contributed by atoms with Crippen molar-refractivity contribution >= 4 is 27.9 Å². The smallest absolute Gasteiger partial charge is 0.408 e. The lowest BCUT2D eigenvalue weighted by Gasteiger charge is -2.24. The van der Waals surface area contributed by atoms with Crippen molar-refractivity contribution in [3.05, 3.63) is 83.1 Å². The number of rotatable bonds is 11. The summed E-state index contributed by atoms with van der Waals surface area (Å²) in [6.45, 7) is 8.62. The van der Waals surface area contributed by atoms with Gasteiger partial charge >= 0.3 is 6.09 Å². The summed E-state index contributed by atoms with van der Waals surface area (Å²) in [5.41, 5.74) is 2.59. The molecule has 2 heterocycles. The molecule has 0 saturated heterocycles. The van der Waals surface area contributed by atoms with E-state index >= 15 is 0 Å². The van der Waals surface area contributed by atoms with Crippen molar-refractivity contribution in [3.8, 4) is 0 Å². The topological polar surface area (TPSA) is 83.2 Å². The molecule has 8 nitrogen and oxygen atoms in total. The Hall–Kier alpha value is -3.44. The number of carbonyl (C=O) groups excluding carboxylic acids is 1. The third-order valence-corrected chi connectivity index (χ3v) is 7.21. The van der Waals surface area contributed by atoms with Gasteiger partial charge in [-0.05, 0) is 73.5 Å². The molecule has 220 valence electrons. The molecule has 1 atom stereocenters. The lowest BCUT2D eigenvalue weighted by atomic mass is 10.0. The van der Waals surface area contributed by atoms with Crippen LogP contribution >= 0.6 is 0 Å². The van der Waals surface area contributed by atoms with Crippen molar-refractivity contribution in [3.63, 3.8) is 0 Å². The first-order valence-electron chi connectivity index (χ1n) is 13.4. The van der Waals surface area contributed by atoms with E-state index < -0.39 is 29.4 Å². The molecular weight excluding hydrogens is 548 g/mol. The second-order valence-corrected chi connectivity index (χ2v) is 13.7. The molecule has 0 fully saturated rings. The maximum absolute atomic E-state index is 13.9. The van der Waals surface area contributed by atoms with Crippen molar-refractivity contribution in [1.82, 2.24) is 24.6 Å². The zero-order valence-electron chi connectivity index (χ0n) is 24.4. The molecule has 0 aliphatic heterocycles. The number of aromatic nitrogens is 4. The van der Waals surface area contributed by atoms with E-state index in [1.54, 1.807) is 42.4 Å². The van der Waals surface area contributed by atoms with E-state index in [9.17, 15) is 13.6 Å². The molecule has 0 saturated carbocycles.